The molecule has 6 nitrogen and oxygen atoms in total. The third kappa shape index (κ3) is 4.69. The van der Waals surface area contributed by atoms with Crippen molar-refractivity contribution >= 4 is 6.34 Å². The van der Waals surface area contributed by atoms with E-state index in [1.807, 2.05) is 30.7 Å². The Morgan fingerprint density at radius 3 is 2.75 bits per heavy atom. The van der Waals surface area contributed by atoms with E-state index in [0.29, 0.717) is 25.2 Å². The van der Waals surface area contributed by atoms with Crippen molar-refractivity contribution in [3.8, 4) is 0 Å². The van der Waals surface area contributed by atoms with Crippen molar-refractivity contribution < 1.29 is 4.74 Å². The fraction of sp³-hybridized carbons (Fsp3) is 0.455. The molecule has 4 rings (SSSR count). The molecule has 1 aliphatic heterocycles. The fourth-order valence-corrected chi connectivity index (χ4v) is 4.01. The van der Waals surface area contributed by atoms with Gasteiger partial charge in [-0.2, -0.15) is 0 Å². The quantitative estimate of drug-likeness (QED) is 0.771. The Kier molecular flexibility index (Phi) is 6.19. The summed E-state index contributed by atoms with van der Waals surface area (Å²) in [6, 6.07) is 10.5. The van der Waals surface area contributed by atoms with Gasteiger partial charge < -0.3 is 20.4 Å². The molecular formula is C22H29N5O. The molecule has 1 aromatic heterocycles. The highest BCUT2D eigenvalue weighted by Gasteiger charge is 2.26. The summed E-state index contributed by atoms with van der Waals surface area (Å²) >= 11 is 0. The van der Waals surface area contributed by atoms with Crippen molar-refractivity contribution in [1.29, 1.82) is 0 Å². The van der Waals surface area contributed by atoms with Crippen LogP contribution in [0.4, 0.5) is 0 Å². The van der Waals surface area contributed by atoms with Crippen molar-refractivity contribution in [3.63, 3.8) is 0 Å². The Labute approximate surface area is 166 Å². The van der Waals surface area contributed by atoms with Crippen LogP contribution in [0.3, 0.4) is 0 Å². The Morgan fingerprint density at radius 2 is 2.00 bits per heavy atom. The van der Waals surface area contributed by atoms with Crippen LogP contribution in [0.5, 0.6) is 0 Å². The number of hydrogen-bond donors (Lipinski definition) is 2. The number of nitrogens with two attached hydrogens (primary N) is 1. The average molecular weight is 380 g/mol. The van der Waals surface area contributed by atoms with Crippen LogP contribution in [-0.2, 0) is 11.3 Å². The maximum absolute atomic E-state index is 6.27. The van der Waals surface area contributed by atoms with E-state index in [1.54, 1.807) is 0 Å². The number of nitrogens with zero attached hydrogens (tertiary/aromatic N) is 3. The molecule has 28 heavy (non-hydrogen) atoms. The van der Waals surface area contributed by atoms with Gasteiger partial charge in [0.25, 0.3) is 0 Å². The lowest BCUT2D eigenvalue weighted by atomic mass is 9.84. The van der Waals surface area contributed by atoms with Gasteiger partial charge in [0.2, 0.25) is 0 Å². The molecule has 2 aromatic rings. The highest BCUT2D eigenvalue weighted by molar-refractivity contribution is 5.58. The number of benzene rings is 1. The van der Waals surface area contributed by atoms with Crippen LogP contribution >= 0.6 is 0 Å². The van der Waals surface area contributed by atoms with Gasteiger partial charge in [-0.1, -0.05) is 30.3 Å². The highest BCUT2D eigenvalue weighted by atomic mass is 16.5. The van der Waals surface area contributed by atoms with Gasteiger partial charge in [0.05, 0.1) is 32.1 Å². The maximum atomic E-state index is 6.27. The lowest BCUT2D eigenvalue weighted by Gasteiger charge is -2.34. The fourth-order valence-electron chi connectivity index (χ4n) is 4.01. The van der Waals surface area contributed by atoms with E-state index >= 15 is 0 Å². The van der Waals surface area contributed by atoms with Crippen molar-refractivity contribution in [3.05, 3.63) is 65.9 Å². The molecule has 2 aliphatic rings. The van der Waals surface area contributed by atoms with E-state index in [2.05, 4.69) is 44.3 Å². The van der Waals surface area contributed by atoms with Gasteiger partial charge in [0, 0.05) is 30.1 Å². The molecule has 0 amide bonds. The summed E-state index contributed by atoms with van der Waals surface area (Å²) in [5.41, 5.74) is 8.63. The van der Waals surface area contributed by atoms with Gasteiger partial charge >= 0.3 is 0 Å². The second-order valence-corrected chi connectivity index (χ2v) is 7.65. The van der Waals surface area contributed by atoms with E-state index < -0.39 is 0 Å². The number of rotatable bonds is 7. The van der Waals surface area contributed by atoms with Crippen LogP contribution in [0, 0.1) is 0 Å². The molecule has 0 unspecified atom stereocenters. The molecular weight excluding hydrogens is 350 g/mol. The van der Waals surface area contributed by atoms with Crippen molar-refractivity contribution in [2.75, 3.05) is 13.2 Å². The zero-order valence-corrected chi connectivity index (χ0v) is 16.2. The monoisotopic (exact) mass is 379 g/mol. The number of H-pyrrole nitrogens is 1. The lowest BCUT2D eigenvalue weighted by molar-refractivity contribution is 0.106. The first-order valence-corrected chi connectivity index (χ1v) is 10.2. The predicted octanol–water partition coefficient (Wildman–Crippen LogP) is 3.51. The molecule has 0 saturated heterocycles. The number of ether oxygens (including phenoxy) is 1. The minimum Gasteiger partial charge on any atom is -0.375 e. The van der Waals surface area contributed by atoms with Gasteiger partial charge in [0.15, 0.2) is 0 Å². The second-order valence-electron chi connectivity index (χ2n) is 7.65. The molecule has 0 radical (unpaired) electrons. The van der Waals surface area contributed by atoms with E-state index in [0.717, 1.165) is 30.8 Å². The summed E-state index contributed by atoms with van der Waals surface area (Å²) in [5, 5.41) is 0. The minimum atomic E-state index is -0.233. The number of hydrogen-bond acceptors (Lipinski definition) is 5. The largest absolute Gasteiger partial charge is 0.375 e. The molecule has 2 heterocycles. The van der Waals surface area contributed by atoms with Gasteiger partial charge in [-0.25, -0.2) is 4.98 Å². The van der Waals surface area contributed by atoms with E-state index in [4.69, 9.17) is 10.5 Å². The first-order chi connectivity index (χ1) is 13.8. The summed E-state index contributed by atoms with van der Waals surface area (Å²) in [6.45, 7) is 1.83. The maximum Gasteiger partial charge on any atom is 0.125 e. The molecule has 0 spiro atoms. The SMILES string of the molecule is N[C@@H](COCc1ccccc1)c1ncc(C2CCC(N3C=CCN=C3)CC2)[nH]1. The number of nitrogens with one attached hydrogen (secondary N) is 1. The number of imidazole rings is 1. The van der Waals surface area contributed by atoms with Crippen LogP contribution in [0.1, 0.15) is 54.7 Å². The predicted molar refractivity (Wildman–Crippen MR) is 111 cm³/mol. The Hall–Kier alpha value is -2.44. The minimum absolute atomic E-state index is 0.233. The highest BCUT2D eigenvalue weighted by Crippen LogP contribution is 2.34. The lowest BCUT2D eigenvalue weighted by Crippen LogP contribution is -2.34. The van der Waals surface area contributed by atoms with E-state index in [-0.39, 0.29) is 6.04 Å². The summed E-state index contributed by atoms with van der Waals surface area (Å²) in [6.07, 6.45) is 12.9. The summed E-state index contributed by atoms with van der Waals surface area (Å²) < 4.78 is 5.76. The van der Waals surface area contributed by atoms with Crippen molar-refractivity contribution in [1.82, 2.24) is 14.9 Å². The molecule has 1 atom stereocenters. The van der Waals surface area contributed by atoms with Crippen molar-refractivity contribution in [2.45, 2.75) is 50.3 Å². The second kappa shape index (κ2) is 9.17. The molecule has 1 saturated carbocycles. The molecule has 148 valence electrons. The summed E-state index contributed by atoms with van der Waals surface area (Å²) in [5.74, 6) is 1.34. The van der Waals surface area contributed by atoms with E-state index in [1.165, 1.54) is 18.5 Å². The molecule has 6 heteroatoms. The van der Waals surface area contributed by atoms with Crippen LogP contribution in [0.15, 0.2) is 53.8 Å². The Morgan fingerprint density at radius 1 is 1.18 bits per heavy atom. The smallest absolute Gasteiger partial charge is 0.125 e. The van der Waals surface area contributed by atoms with Gasteiger partial charge in [0.1, 0.15) is 5.82 Å². The van der Waals surface area contributed by atoms with Crippen molar-refractivity contribution in [2.24, 2.45) is 10.7 Å². The Balaban J connectivity index is 1.25. The molecule has 1 aliphatic carbocycles. The topological polar surface area (TPSA) is 79.5 Å². The standard InChI is InChI=1S/C22H29N5O/c23-20(15-28-14-17-5-2-1-3-6-17)22-25-13-21(26-22)18-7-9-19(10-8-18)27-12-4-11-24-16-27/h1-6,12-13,16,18-20H,7-11,14-15,23H2,(H,25,26)/t18?,19?,20-/m0/s1. The summed E-state index contributed by atoms with van der Waals surface area (Å²) in [7, 11) is 0. The zero-order valence-electron chi connectivity index (χ0n) is 16.2. The third-order valence-electron chi connectivity index (χ3n) is 5.64. The van der Waals surface area contributed by atoms with Crippen LogP contribution in [0.25, 0.3) is 0 Å². The Bertz CT molecular complexity index is 780. The first-order valence-electron chi connectivity index (χ1n) is 10.2. The van der Waals surface area contributed by atoms with Crippen LogP contribution in [-0.4, -0.2) is 40.4 Å². The van der Waals surface area contributed by atoms with E-state index in [9.17, 15) is 0 Å². The average Bonchev–Trinajstić information content (AvgIpc) is 3.26. The first kappa shape index (κ1) is 18.9. The normalized spacial score (nSPS) is 23.1. The third-order valence-corrected chi connectivity index (χ3v) is 5.64. The number of aromatic nitrogens is 2. The van der Waals surface area contributed by atoms with Crippen LogP contribution in [0.2, 0.25) is 0 Å². The van der Waals surface area contributed by atoms with Gasteiger partial charge in [-0.05, 0) is 37.3 Å². The zero-order chi connectivity index (χ0) is 19.2. The van der Waals surface area contributed by atoms with Gasteiger partial charge in [-0.15, -0.1) is 0 Å². The number of aromatic amines is 1. The molecule has 1 aromatic carbocycles. The van der Waals surface area contributed by atoms with Gasteiger partial charge in [-0.3, -0.25) is 4.99 Å². The van der Waals surface area contributed by atoms with Crippen LogP contribution < -0.4 is 5.73 Å². The molecule has 0 bridgehead atoms. The molecule has 3 N–H and O–H groups in total. The summed E-state index contributed by atoms with van der Waals surface area (Å²) in [4.78, 5) is 14.6. The number of aliphatic imine (C=N–C) groups is 1. The molecule has 1 fully saturated rings.